The highest BCUT2D eigenvalue weighted by Crippen LogP contribution is 2.39. The minimum atomic E-state index is 0.561. The summed E-state index contributed by atoms with van der Waals surface area (Å²) in [6.45, 7) is 7.73. The molecule has 2 saturated heterocycles. The van der Waals surface area contributed by atoms with Gasteiger partial charge < -0.3 is 9.64 Å². The Morgan fingerprint density at radius 3 is 2.74 bits per heavy atom. The van der Waals surface area contributed by atoms with Crippen molar-refractivity contribution in [3.63, 3.8) is 0 Å². The summed E-state index contributed by atoms with van der Waals surface area (Å²) in [5.41, 5.74) is 5.61. The van der Waals surface area contributed by atoms with Gasteiger partial charge in [-0.25, -0.2) is 0 Å². The van der Waals surface area contributed by atoms with Gasteiger partial charge in [0, 0.05) is 43.5 Å². The second-order valence-corrected chi connectivity index (χ2v) is 8.30. The summed E-state index contributed by atoms with van der Waals surface area (Å²) in [5.74, 6) is 0.758. The van der Waals surface area contributed by atoms with Gasteiger partial charge in [-0.1, -0.05) is 29.8 Å². The third-order valence-electron chi connectivity index (χ3n) is 6.45. The number of fused-ring (bicyclic) bond motifs is 1. The van der Waals surface area contributed by atoms with Gasteiger partial charge in [-0.05, 0) is 61.9 Å². The fraction of sp³-hybridized carbons (Fsp3) is 0.478. The lowest BCUT2D eigenvalue weighted by molar-refractivity contribution is 0.0713. The maximum absolute atomic E-state index is 6.21. The van der Waals surface area contributed by atoms with Gasteiger partial charge >= 0.3 is 0 Å². The molecule has 2 aromatic rings. The second kappa shape index (κ2) is 7.73. The van der Waals surface area contributed by atoms with Gasteiger partial charge in [0.1, 0.15) is 5.75 Å². The summed E-state index contributed by atoms with van der Waals surface area (Å²) in [5, 5.41) is 0.674. The molecule has 27 heavy (non-hydrogen) atoms. The first-order chi connectivity index (χ1) is 13.1. The van der Waals surface area contributed by atoms with Gasteiger partial charge in [0.05, 0.1) is 12.1 Å². The average Bonchev–Trinajstić information content (AvgIpc) is 2.69. The Balaban J connectivity index is 1.55. The number of piperazine rings is 1. The van der Waals surface area contributed by atoms with Gasteiger partial charge in [0.25, 0.3) is 0 Å². The van der Waals surface area contributed by atoms with Crippen molar-refractivity contribution in [1.82, 2.24) is 4.90 Å². The van der Waals surface area contributed by atoms with Crippen molar-refractivity contribution in [2.24, 2.45) is 0 Å². The Morgan fingerprint density at radius 1 is 1.07 bits per heavy atom. The van der Waals surface area contributed by atoms with Crippen molar-refractivity contribution in [1.29, 1.82) is 0 Å². The molecular formula is C23H29ClN2O. The minimum Gasteiger partial charge on any atom is -0.495 e. The summed E-state index contributed by atoms with van der Waals surface area (Å²) in [6.07, 6.45) is 3.86. The number of benzene rings is 2. The van der Waals surface area contributed by atoms with Crippen LogP contribution in [0.3, 0.4) is 0 Å². The molecule has 0 N–H and O–H groups in total. The summed E-state index contributed by atoms with van der Waals surface area (Å²) >= 11 is 6.21. The van der Waals surface area contributed by atoms with Crippen LogP contribution < -0.4 is 9.64 Å². The van der Waals surface area contributed by atoms with Crippen molar-refractivity contribution in [2.75, 3.05) is 31.6 Å². The smallest absolute Gasteiger partial charge is 0.139 e. The molecule has 4 rings (SSSR count). The van der Waals surface area contributed by atoms with E-state index in [9.17, 15) is 0 Å². The van der Waals surface area contributed by atoms with E-state index in [-0.39, 0.29) is 0 Å². The summed E-state index contributed by atoms with van der Waals surface area (Å²) in [6, 6.07) is 14.1. The number of hydrogen-bond donors (Lipinski definition) is 0. The van der Waals surface area contributed by atoms with Crippen LogP contribution in [0.15, 0.2) is 36.4 Å². The molecule has 0 bridgehead atoms. The lowest BCUT2D eigenvalue weighted by Crippen LogP contribution is -2.56. The zero-order valence-electron chi connectivity index (χ0n) is 16.5. The predicted octanol–water partition coefficient (Wildman–Crippen LogP) is 5.38. The van der Waals surface area contributed by atoms with E-state index in [1.165, 1.54) is 41.6 Å². The summed E-state index contributed by atoms with van der Waals surface area (Å²) in [7, 11) is 1.68. The van der Waals surface area contributed by atoms with Crippen LogP contribution in [0.1, 0.15) is 42.0 Å². The Bertz CT molecular complexity index is 822. The van der Waals surface area contributed by atoms with Crippen LogP contribution in [-0.2, 0) is 0 Å². The second-order valence-electron chi connectivity index (χ2n) is 7.89. The van der Waals surface area contributed by atoms with Crippen LogP contribution in [0.2, 0.25) is 5.02 Å². The van der Waals surface area contributed by atoms with Crippen molar-refractivity contribution in [3.05, 3.63) is 58.1 Å². The quantitative estimate of drug-likeness (QED) is 0.706. The van der Waals surface area contributed by atoms with E-state index in [1.54, 1.807) is 7.11 Å². The van der Waals surface area contributed by atoms with Crippen LogP contribution in [0.4, 0.5) is 5.69 Å². The third kappa shape index (κ3) is 3.55. The topological polar surface area (TPSA) is 15.7 Å². The molecule has 144 valence electrons. The van der Waals surface area contributed by atoms with E-state index in [0.29, 0.717) is 17.1 Å². The highest BCUT2D eigenvalue weighted by atomic mass is 35.5. The molecule has 2 aliphatic rings. The molecule has 2 heterocycles. The average molecular weight is 385 g/mol. The standard InChI is InChI=1S/C23H29ClN2O/c1-16-6-4-8-20(17(16)2)22-9-5-7-19-15-25(12-13-26(19)22)18-10-11-21(24)23(14-18)27-3/h4,6,8,10-11,14,19,22H,5,7,9,12-13,15H2,1-3H3. The monoisotopic (exact) mass is 384 g/mol. The van der Waals surface area contributed by atoms with Gasteiger partial charge in [0.2, 0.25) is 0 Å². The highest BCUT2D eigenvalue weighted by molar-refractivity contribution is 6.32. The predicted molar refractivity (Wildman–Crippen MR) is 113 cm³/mol. The molecule has 0 aliphatic carbocycles. The minimum absolute atomic E-state index is 0.561. The van der Waals surface area contributed by atoms with Gasteiger partial charge in [0.15, 0.2) is 0 Å². The third-order valence-corrected chi connectivity index (χ3v) is 6.76. The molecule has 0 saturated carbocycles. The summed E-state index contributed by atoms with van der Waals surface area (Å²) < 4.78 is 5.41. The molecule has 0 radical (unpaired) electrons. The number of halogens is 1. The van der Waals surface area contributed by atoms with Crippen molar-refractivity contribution < 1.29 is 4.74 Å². The van der Waals surface area contributed by atoms with E-state index in [0.717, 1.165) is 25.4 Å². The number of nitrogens with zero attached hydrogens (tertiary/aromatic N) is 2. The maximum atomic E-state index is 6.21. The van der Waals surface area contributed by atoms with E-state index >= 15 is 0 Å². The zero-order chi connectivity index (χ0) is 19.0. The molecule has 4 heteroatoms. The first-order valence-corrected chi connectivity index (χ1v) is 10.4. The normalized spacial score (nSPS) is 23.2. The van der Waals surface area contributed by atoms with Crippen LogP contribution in [0, 0.1) is 13.8 Å². The van der Waals surface area contributed by atoms with Crippen molar-refractivity contribution in [2.45, 2.75) is 45.2 Å². The molecule has 0 aromatic heterocycles. The fourth-order valence-corrected chi connectivity index (χ4v) is 4.99. The molecule has 2 aromatic carbocycles. The molecular weight excluding hydrogens is 356 g/mol. The van der Waals surface area contributed by atoms with Gasteiger partial charge in [-0.15, -0.1) is 0 Å². The Labute approximate surface area is 167 Å². The number of piperidine rings is 1. The van der Waals surface area contributed by atoms with Crippen molar-refractivity contribution in [3.8, 4) is 5.75 Å². The number of rotatable bonds is 3. The molecule has 3 nitrogen and oxygen atoms in total. The molecule has 2 unspecified atom stereocenters. The van der Waals surface area contributed by atoms with Crippen molar-refractivity contribution >= 4 is 17.3 Å². The molecule has 0 amide bonds. The van der Waals surface area contributed by atoms with Gasteiger partial charge in [-0.2, -0.15) is 0 Å². The molecule has 0 spiro atoms. The van der Waals surface area contributed by atoms with E-state index < -0.39 is 0 Å². The number of hydrogen-bond acceptors (Lipinski definition) is 3. The lowest BCUT2D eigenvalue weighted by atomic mass is 9.86. The molecule has 2 fully saturated rings. The Morgan fingerprint density at radius 2 is 1.93 bits per heavy atom. The number of anilines is 1. The Kier molecular flexibility index (Phi) is 5.34. The lowest BCUT2D eigenvalue weighted by Gasteiger charge is -2.49. The highest BCUT2D eigenvalue weighted by Gasteiger charge is 2.36. The molecule has 2 aliphatic heterocycles. The number of methoxy groups -OCH3 is 1. The first-order valence-electron chi connectivity index (χ1n) is 9.99. The van der Waals surface area contributed by atoms with Gasteiger partial charge in [-0.3, -0.25) is 4.90 Å². The first kappa shape index (κ1) is 18.6. The van der Waals surface area contributed by atoms with Crippen LogP contribution in [0.5, 0.6) is 5.75 Å². The van der Waals surface area contributed by atoms with Crippen LogP contribution >= 0.6 is 11.6 Å². The zero-order valence-corrected chi connectivity index (χ0v) is 17.3. The van der Waals surface area contributed by atoms with E-state index in [4.69, 9.17) is 16.3 Å². The van der Waals surface area contributed by atoms with Crippen LogP contribution in [0.25, 0.3) is 0 Å². The van der Waals surface area contributed by atoms with Crippen LogP contribution in [-0.4, -0.2) is 37.7 Å². The number of aryl methyl sites for hydroxylation is 1. The van der Waals surface area contributed by atoms with E-state index in [1.807, 2.05) is 6.07 Å². The maximum Gasteiger partial charge on any atom is 0.139 e. The number of ether oxygens (including phenoxy) is 1. The fourth-order valence-electron chi connectivity index (χ4n) is 4.80. The SMILES string of the molecule is COc1cc(N2CCN3C(CCCC3c3cccc(C)c3C)C2)ccc1Cl. The molecule has 2 atom stereocenters. The van der Waals surface area contributed by atoms with E-state index in [2.05, 4.69) is 54.0 Å². The largest absolute Gasteiger partial charge is 0.495 e. The Hall–Kier alpha value is -1.71. The summed E-state index contributed by atoms with van der Waals surface area (Å²) in [4.78, 5) is 5.25.